The Kier molecular flexibility index (Phi) is 4.12. The fraction of sp³-hybridized carbons (Fsp3) is 0.375. The number of hydrogen-bond acceptors (Lipinski definition) is 4. The maximum absolute atomic E-state index is 12.7. The molecular weight excluding hydrogens is 297 g/mol. The van der Waals surface area contributed by atoms with Gasteiger partial charge < -0.3 is 5.73 Å². The van der Waals surface area contributed by atoms with Crippen LogP contribution < -0.4 is 10.9 Å². The van der Waals surface area contributed by atoms with Gasteiger partial charge in [-0.2, -0.15) is 13.2 Å². The lowest BCUT2D eigenvalue weighted by molar-refractivity contribution is -0.139. The highest BCUT2D eigenvalue weighted by Crippen LogP contribution is 2.38. The summed E-state index contributed by atoms with van der Waals surface area (Å²) in [6, 6.07) is -0.0318. The zero-order valence-corrected chi connectivity index (χ0v) is 9.89. The van der Waals surface area contributed by atoms with Crippen molar-refractivity contribution >= 4 is 10.0 Å². The maximum Gasteiger partial charge on any atom is 0.417 e. The lowest BCUT2D eigenvalue weighted by Crippen LogP contribution is -2.21. The maximum atomic E-state index is 12.7. The number of sulfonamides is 1. The first-order chi connectivity index (χ1) is 8.48. The second-order valence-electron chi connectivity index (χ2n) is 3.42. The lowest BCUT2D eigenvalue weighted by atomic mass is 10.1. The molecule has 0 unspecified atom stereocenters. The minimum Gasteiger partial charge on any atom is -0.325 e. The van der Waals surface area contributed by atoms with Gasteiger partial charge in [0.25, 0.3) is 16.4 Å². The molecule has 1 aromatic rings. The fourth-order valence-corrected chi connectivity index (χ4v) is 1.88. The predicted octanol–water partition coefficient (Wildman–Crippen LogP) is 1.14. The smallest absolute Gasteiger partial charge is 0.325 e. The van der Waals surface area contributed by atoms with Gasteiger partial charge in [0, 0.05) is 6.54 Å². The van der Waals surface area contributed by atoms with Crippen molar-refractivity contribution in [2.45, 2.75) is 24.2 Å². The number of hydrogen-bond donors (Lipinski definition) is 2. The average Bonchev–Trinajstić information content (AvgIpc) is 2.24. The SMILES string of the molecule is NCc1nc(S(N)(=O)=O)cc(C(F)(F)F)c1C(F)F. The van der Waals surface area contributed by atoms with E-state index in [0.717, 1.165) is 0 Å². The highest BCUT2D eigenvalue weighted by Gasteiger charge is 2.39. The third-order valence-corrected chi connectivity index (χ3v) is 2.91. The summed E-state index contributed by atoms with van der Waals surface area (Å²) >= 11 is 0. The van der Waals surface area contributed by atoms with Gasteiger partial charge in [0.2, 0.25) is 0 Å². The summed E-state index contributed by atoms with van der Waals surface area (Å²) in [4.78, 5) is 3.14. The summed E-state index contributed by atoms with van der Waals surface area (Å²) in [6.07, 6.45) is -8.69. The molecular formula is C8H8F5N3O2S. The Hall–Kier alpha value is -1.33. The fourth-order valence-electron chi connectivity index (χ4n) is 1.36. The van der Waals surface area contributed by atoms with Crippen molar-refractivity contribution in [1.82, 2.24) is 4.98 Å². The van der Waals surface area contributed by atoms with Gasteiger partial charge in [-0.05, 0) is 6.07 Å². The van der Waals surface area contributed by atoms with Gasteiger partial charge in [-0.25, -0.2) is 27.3 Å². The molecule has 0 aliphatic carbocycles. The van der Waals surface area contributed by atoms with Crippen LogP contribution in [-0.4, -0.2) is 13.4 Å². The largest absolute Gasteiger partial charge is 0.417 e. The molecule has 19 heavy (non-hydrogen) atoms. The number of alkyl halides is 5. The van der Waals surface area contributed by atoms with Gasteiger partial charge in [-0.3, -0.25) is 0 Å². The van der Waals surface area contributed by atoms with Gasteiger partial charge in [-0.1, -0.05) is 0 Å². The number of rotatable bonds is 3. The molecule has 1 rings (SSSR count). The number of aromatic nitrogens is 1. The van der Waals surface area contributed by atoms with E-state index in [1.165, 1.54) is 0 Å². The second-order valence-corrected chi connectivity index (χ2v) is 4.92. The van der Waals surface area contributed by atoms with Crippen LogP contribution in [0.3, 0.4) is 0 Å². The highest BCUT2D eigenvalue weighted by atomic mass is 32.2. The molecule has 0 aliphatic rings. The zero-order chi connectivity index (χ0) is 15.0. The minimum absolute atomic E-state index is 0.0318. The molecule has 0 spiro atoms. The quantitative estimate of drug-likeness (QED) is 0.818. The van der Waals surface area contributed by atoms with Crippen molar-refractivity contribution in [2.75, 3.05) is 0 Å². The summed E-state index contributed by atoms with van der Waals surface area (Å²) in [7, 11) is -4.57. The molecule has 0 bridgehead atoms. The second kappa shape index (κ2) is 4.98. The molecule has 0 saturated carbocycles. The Morgan fingerprint density at radius 1 is 1.32 bits per heavy atom. The molecule has 0 atom stereocenters. The summed E-state index contributed by atoms with van der Waals surface area (Å²) in [5.41, 5.74) is 0.887. The van der Waals surface area contributed by atoms with E-state index in [0.29, 0.717) is 0 Å². The average molecular weight is 305 g/mol. The Morgan fingerprint density at radius 2 is 1.84 bits per heavy atom. The Balaban J connectivity index is 3.75. The van der Waals surface area contributed by atoms with Crippen LogP contribution in [0.5, 0.6) is 0 Å². The Labute approximate surface area is 104 Å². The van der Waals surface area contributed by atoms with Crippen LogP contribution in [0.2, 0.25) is 0 Å². The van der Waals surface area contributed by atoms with Crippen LogP contribution in [0.15, 0.2) is 11.1 Å². The number of primary sulfonamides is 1. The lowest BCUT2D eigenvalue weighted by Gasteiger charge is -2.16. The van der Waals surface area contributed by atoms with Gasteiger partial charge >= 0.3 is 6.18 Å². The Morgan fingerprint density at radius 3 is 2.16 bits per heavy atom. The van der Waals surface area contributed by atoms with Crippen molar-refractivity contribution in [3.05, 3.63) is 22.9 Å². The molecule has 108 valence electrons. The van der Waals surface area contributed by atoms with E-state index < -0.39 is 51.0 Å². The van der Waals surface area contributed by atoms with Crippen molar-refractivity contribution < 1.29 is 30.4 Å². The van der Waals surface area contributed by atoms with Crippen molar-refractivity contribution in [2.24, 2.45) is 10.9 Å². The van der Waals surface area contributed by atoms with E-state index >= 15 is 0 Å². The first kappa shape index (κ1) is 15.7. The number of nitrogens with two attached hydrogens (primary N) is 2. The van der Waals surface area contributed by atoms with Crippen LogP contribution in [-0.2, 0) is 22.7 Å². The first-order valence-corrected chi connectivity index (χ1v) is 6.15. The van der Waals surface area contributed by atoms with E-state index in [4.69, 9.17) is 5.73 Å². The van der Waals surface area contributed by atoms with Crippen molar-refractivity contribution in [3.8, 4) is 0 Å². The number of pyridine rings is 1. The molecule has 0 fully saturated rings. The third kappa shape index (κ3) is 3.36. The normalized spacial score (nSPS) is 13.1. The summed E-state index contributed by atoms with van der Waals surface area (Å²) in [6.45, 7) is -0.786. The standard InChI is InChI=1S/C8H8F5N3O2S/c9-7(10)6-3(8(11,12)13)1-5(19(15,17)18)16-4(6)2-14/h1,7H,2,14H2,(H2,15,17,18). The van der Waals surface area contributed by atoms with E-state index in [2.05, 4.69) is 10.1 Å². The van der Waals surface area contributed by atoms with Gasteiger partial charge in [0.15, 0.2) is 5.03 Å². The topological polar surface area (TPSA) is 99.1 Å². The van der Waals surface area contributed by atoms with Crippen LogP contribution in [0.4, 0.5) is 22.0 Å². The molecule has 1 heterocycles. The van der Waals surface area contributed by atoms with Gasteiger partial charge in [0.1, 0.15) is 0 Å². The zero-order valence-electron chi connectivity index (χ0n) is 9.08. The van der Waals surface area contributed by atoms with Gasteiger partial charge in [-0.15, -0.1) is 0 Å². The first-order valence-electron chi connectivity index (χ1n) is 4.60. The summed E-state index contributed by atoms with van der Waals surface area (Å²) in [5, 5.41) is 3.47. The monoisotopic (exact) mass is 305 g/mol. The van der Waals surface area contributed by atoms with Crippen LogP contribution in [0.1, 0.15) is 23.2 Å². The molecule has 0 amide bonds. The number of halogens is 5. The molecule has 4 N–H and O–H groups in total. The highest BCUT2D eigenvalue weighted by molar-refractivity contribution is 7.89. The van der Waals surface area contributed by atoms with Gasteiger partial charge in [0.05, 0.1) is 16.8 Å². The number of nitrogens with zero attached hydrogens (tertiary/aromatic N) is 1. The molecule has 0 aliphatic heterocycles. The van der Waals surface area contributed by atoms with E-state index in [1.54, 1.807) is 0 Å². The Bertz CT molecular complexity index is 585. The predicted molar refractivity (Wildman–Crippen MR) is 53.5 cm³/mol. The van der Waals surface area contributed by atoms with E-state index in [9.17, 15) is 30.4 Å². The van der Waals surface area contributed by atoms with Crippen molar-refractivity contribution in [1.29, 1.82) is 0 Å². The molecule has 5 nitrogen and oxygen atoms in total. The van der Waals surface area contributed by atoms with Crippen LogP contribution in [0.25, 0.3) is 0 Å². The summed E-state index contributed by atoms with van der Waals surface area (Å²) in [5.74, 6) is 0. The van der Waals surface area contributed by atoms with Crippen LogP contribution >= 0.6 is 0 Å². The molecule has 1 aromatic heterocycles. The molecule has 0 aromatic carbocycles. The molecule has 11 heteroatoms. The van der Waals surface area contributed by atoms with E-state index in [1.807, 2.05) is 0 Å². The minimum atomic E-state index is -5.18. The van der Waals surface area contributed by atoms with Crippen LogP contribution in [0, 0.1) is 0 Å². The van der Waals surface area contributed by atoms with Crippen molar-refractivity contribution in [3.63, 3.8) is 0 Å². The molecule has 0 radical (unpaired) electrons. The summed E-state index contributed by atoms with van der Waals surface area (Å²) < 4.78 is 85.2. The molecule has 0 saturated heterocycles. The van der Waals surface area contributed by atoms with E-state index in [-0.39, 0.29) is 6.07 Å². The third-order valence-electron chi connectivity index (χ3n) is 2.12.